The number of piperazine rings is 1. The van der Waals surface area contributed by atoms with Gasteiger partial charge in [0.1, 0.15) is 6.54 Å². The largest absolute Gasteiger partial charge is 0.369 e. The van der Waals surface area contributed by atoms with Crippen molar-refractivity contribution in [1.82, 2.24) is 19.8 Å². The minimum absolute atomic E-state index is 0.00187. The monoisotopic (exact) mass is 419 g/mol. The van der Waals surface area contributed by atoms with Crippen molar-refractivity contribution in [2.45, 2.75) is 19.4 Å². The Morgan fingerprint density at radius 2 is 1.68 bits per heavy atom. The summed E-state index contributed by atoms with van der Waals surface area (Å²) in [5.41, 5.74) is 1.76. The second kappa shape index (κ2) is 10.2. The molecule has 7 heteroatoms. The van der Waals surface area contributed by atoms with Crippen LogP contribution in [0.2, 0.25) is 0 Å². The number of aromatic nitrogens is 2. The minimum atomic E-state index is -0.185. The van der Waals surface area contributed by atoms with Gasteiger partial charge in [-0.05, 0) is 43.7 Å². The molecule has 3 aromatic rings. The number of para-hydroxylation sites is 2. The van der Waals surface area contributed by atoms with E-state index in [0.717, 1.165) is 45.6 Å². The van der Waals surface area contributed by atoms with Gasteiger partial charge in [-0.1, -0.05) is 30.3 Å². The normalized spacial score (nSPS) is 14.6. The number of amides is 1. The van der Waals surface area contributed by atoms with Crippen LogP contribution >= 0.6 is 0 Å². The summed E-state index contributed by atoms with van der Waals surface area (Å²) in [6, 6.07) is 17.7. The van der Waals surface area contributed by atoms with Crippen LogP contribution in [0.4, 0.5) is 5.69 Å². The number of carbonyl (C=O) groups excluding carboxylic acids is 1. The zero-order valence-corrected chi connectivity index (χ0v) is 17.7. The van der Waals surface area contributed by atoms with Gasteiger partial charge in [-0.3, -0.25) is 19.1 Å². The third-order valence-corrected chi connectivity index (χ3v) is 5.76. The summed E-state index contributed by atoms with van der Waals surface area (Å²) in [6.45, 7) is 5.91. The molecule has 1 aromatic heterocycles. The molecule has 7 nitrogen and oxygen atoms in total. The van der Waals surface area contributed by atoms with Crippen LogP contribution in [-0.2, 0) is 11.3 Å². The molecule has 1 amide bonds. The van der Waals surface area contributed by atoms with Crippen molar-refractivity contribution in [3.63, 3.8) is 0 Å². The number of unbranched alkanes of at least 4 members (excludes halogenated alkanes) is 1. The maximum atomic E-state index is 12.5. The Balaban J connectivity index is 1.14. The van der Waals surface area contributed by atoms with Crippen LogP contribution in [0, 0.1) is 0 Å². The van der Waals surface area contributed by atoms with Gasteiger partial charge in [-0.25, -0.2) is 4.98 Å². The van der Waals surface area contributed by atoms with Crippen LogP contribution in [0.3, 0.4) is 0 Å². The first-order chi connectivity index (χ1) is 15.2. The summed E-state index contributed by atoms with van der Waals surface area (Å²) in [6.07, 6.45) is 3.41. The second-order valence-electron chi connectivity index (χ2n) is 7.92. The highest BCUT2D eigenvalue weighted by Gasteiger charge is 2.16. The van der Waals surface area contributed by atoms with Crippen molar-refractivity contribution < 1.29 is 4.79 Å². The standard InChI is InChI=1S/C24H29N5O2/c30-23(18-29-19-26-22-11-5-4-10-21(22)24(29)31)25-12-6-7-13-27-14-16-28(17-15-27)20-8-2-1-3-9-20/h1-5,8-11,19H,6-7,12-18H2,(H,25,30). The Bertz CT molecular complexity index is 1060. The second-order valence-corrected chi connectivity index (χ2v) is 7.92. The van der Waals surface area contributed by atoms with Gasteiger partial charge < -0.3 is 10.2 Å². The number of hydrogen-bond donors (Lipinski definition) is 1. The summed E-state index contributed by atoms with van der Waals surface area (Å²) in [5.74, 6) is -0.157. The first kappa shape index (κ1) is 21.1. The van der Waals surface area contributed by atoms with E-state index in [1.54, 1.807) is 18.2 Å². The fraction of sp³-hybridized carbons (Fsp3) is 0.375. The molecule has 0 unspecified atom stereocenters. The Morgan fingerprint density at radius 1 is 0.935 bits per heavy atom. The fourth-order valence-corrected chi connectivity index (χ4v) is 3.99. The van der Waals surface area contributed by atoms with Gasteiger partial charge in [0.25, 0.3) is 5.56 Å². The molecule has 1 fully saturated rings. The van der Waals surface area contributed by atoms with Gasteiger partial charge in [-0.2, -0.15) is 0 Å². The molecule has 1 saturated heterocycles. The number of hydrogen-bond acceptors (Lipinski definition) is 5. The molecule has 4 rings (SSSR count). The van der Waals surface area contributed by atoms with Gasteiger partial charge in [-0.15, -0.1) is 0 Å². The van der Waals surface area contributed by atoms with Crippen molar-refractivity contribution in [2.75, 3.05) is 44.2 Å². The van der Waals surface area contributed by atoms with Crippen molar-refractivity contribution in [1.29, 1.82) is 0 Å². The number of carbonyl (C=O) groups is 1. The molecular formula is C24H29N5O2. The van der Waals surface area contributed by atoms with E-state index in [0.29, 0.717) is 17.4 Å². The Labute approximate surface area is 182 Å². The predicted octanol–water partition coefficient (Wildman–Crippen LogP) is 2.12. The maximum Gasteiger partial charge on any atom is 0.261 e. The zero-order chi connectivity index (χ0) is 21.5. The molecule has 0 aliphatic carbocycles. The smallest absolute Gasteiger partial charge is 0.261 e. The van der Waals surface area contributed by atoms with E-state index in [-0.39, 0.29) is 18.0 Å². The van der Waals surface area contributed by atoms with Gasteiger partial charge >= 0.3 is 0 Å². The van der Waals surface area contributed by atoms with Crippen molar-refractivity contribution >= 4 is 22.5 Å². The molecule has 0 atom stereocenters. The van der Waals surface area contributed by atoms with Gasteiger partial charge in [0.15, 0.2) is 0 Å². The number of rotatable bonds is 8. The molecule has 162 valence electrons. The highest BCUT2D eigenvalue weighted by atomic mass is 16.2. The molecule has 1 N–H and O–H groups in total. The van der Waals surface area contributed by atoms with E-state index >= 15 is 0 Å². The van der Waals surface area contributed by atoms with E-state index < -0.39 is 0 Å². The Morgan fingerprint density at radius 3 is 2.48 bits per heavy atom. The van der Waals surface area contributed by atoms with Gasteiger partial charge in [0.2, 0.25) is 5.91 Å². The molecule has 0 radical (unpaired) electrons. The summed E-state index contributed by atoms with van der Waals surface area (Å²) < 4.78 is 1.36. The van der Waals surface area contributed by atoms with Gasteiger partial charge in [0.05, 0.1) is 17.2 Å². The van der Waals surface area contributed by atoms with Crippen molar-refractivity contribution in [3.8, 4) is 0 Å². The summed E-state index contributed by atoms with van der Waals surface area (Å²) in [5, 5.41) is 3.45. The van der Waals surface area contributed by atoms with Crippen LogP contribution in [0.5, 0.6) is 0 Å². The third-order valence-electron chi connectivity index (χ3n) is 5.76. The number of nitrogens with zero attached hydrogens (tertiary/aromatic N) is 4. The van der Waals surface area contributed by atoms with E-state index in [1.165, 1.54) is 16.6 Å². The number of fused-ring (bicyclic) bond motifs is 1. The molecule has 2 aromatic carbocycles. The minimum Gasteiger partial charge on any atom is -0.369 e. The molecule has 1 aliphatic rings. The molecular weight excluding hydrogens is 390 g/mol. The lowest BCUT2D eigenvalue weighted by Gasteiger charge is -2.36. The average Bonchev–Trinajstić information content (AvgIpc) is 2.82. The zero-order valence-electron chi connectivity index (χ0n) is 17.7. The lowest BCUT2D eigenvalue weighted by Crippen LogP contribution is -2.46. The van der Waals surface area contributed by atoms with Crippen molar-refractivity contribution in [3.05, 3.63) is 71.3 Å². The van der Waals surface area contributed by atoms with Crippen LogP contribution in [0.15, 0.2) is 65.7 Å². The van der Waals surface area contributed by atoms with E-state index in [1.807, 2.05) is 6.07 Å². The Kier molecular flexibility index (Phi) is 6.94. The van der Waals surface area contributed by atoms with Crippen molar-refractivity contribution in [2.24, 2.45) is 0 Å². The van der Waals surface area contributed by atoms with E-state index in [9.17, 15) is 9.59 Å². The van der Waals surface area contributed by atoms with E-state index in [4.69, 9.17) is 0 Å². The molecule has 0 saturated carbocycles. The molecule has 0 spiro atoms. The van der Waals surface area contributed by atoms with Crippen LogP contribution in [-0.4, -0.2) is 59.6 Å². The highest BCUT2D eigenvalue weighted by Crippen LogP contribution is 2.15. The lowest BCUT2D eigenvalue weighted by molar-refractivity contribution is -0.121. The summed E-state index contributed by atoms with van der Waals surface area (Å²) in [7, 11) is 0. The number of anilines is 1. The summed E-state index contributed by atoms with van der Waals surface area (Å²) >= 11 is 0. The van der Waals surface area contributed by atoms with Crippen LogP contribution < -0.4 is 15.8 Å². The fourth-order valence-electron chi connectivity index (χ4n) is 3.99. The lowest BCUT2D eigenvalue weighted by atomic mass is 10.2. The topological polar surface area (TPSA) is 70.5 Å². The molecule has 1 aliphatic heterocycles. The first-order valence-electron chi connectivity index (χ1n) is 10.9. The quantitative estimate of drug-likeness (QED) is 0.567. The molecule has 31 heavy (non-hydrogen) atoms. The predicted molar refractivity (Wildman–Crippen MR) is 123 cm³/mol. The highest BCUT2D eigenvalue weighted by molar-refractivity contribution is 5.78. The van der Waals surface area contributed by atoms with Crippen LogP contribution in [0.1, 0.15) is 12.8 Å². The first-order valence-corrected chi connectivity index (χ1v) is 10.9. The number of benzene rings is 2. The Hall–Kier alpha value is -3.19. The summed E-state index contributed by atoms with van der Waals surface area (Å²) in [4.78, 5) is 33.9. The van der Waals surface area contributed by atoms with Gasteiger partial charge in [0, 0.05) is 38.4 Å². The van der Waals surface area contributed by atoms with Crippen LogP contribution in [0.25, 0.3) is 10.9 Å². The molecule has 2 heterocycles. The number of nitrogens with one attached hydrogen (secondary N) is 1. The molecule has 0 bridgehead atoms. The average molecular weight is 420 g/mol. The van der Waals surface area contributed by atoms with E-state index in [2.05, 4.69) is 50.4 Å². The third kappa shape index (κ3) is 5.49. The SMILES string of the molecule is O=C(Cn1cnc2ccccc2c1=O)NCCCCN1CCN(c2ccccc2)CC1. The maximum absolute atomic E-state index is 12.5.